The normalized spacial score (nSPS) is 16.1. The molecule has 3 N–H and O–H groups in total. The molecule has 12 nitrogen and oxygen atoms in total. The van der Waals surface area contributed by atoms with E-state index in [1.54, 1.807) is 0 Å². The van der Waals surface area contributed by atoms with Crippen molar-refractivity contribution < 1.29 is 24.4 Å². The van der Waals surface area contributed by atoms with Crippen LogP contribution in [0.4, 0.5) is 11.4 Å². The number of aliphatic carboxylic acids is 1. The highest BCUT2D eigenvalue weighted by atomic mass is 16.6. The lowest BCUT2D eigenvalue weighted by Gasteiger charge is -2.37. The zero-order valence-corrected chi connectivity index (χ0v) is 13.4. The number of hydrogen-bond donors (Lipinski definition) is 2. The number of amides is 2. The third kappa shape index (κ3) is 3.45. The molecule has 1 unspecified atom stereocenters. The van der Waals surface area contributed by atoms with E-state index in [0.29, 0.717) is 4.90 Å². The smallest absolute Gasteiger partial charge is 0.303 e. The van der Waals surface area contributed by atoms with Crippen LogP contribution in [-0.4, -0.2) is 32.7 Å². The number of azide groups is 1. The number of carboxylic acids is 1. The number of rotatable bonds is 7. The molecule has 1 heterocycles. The second kappa shape index (κ2) is 7.17. The van der Waals surface area contributed by atoms with Crippen LogP contribution in [-0.2, 0) is 20.0 Å². The van der Waals surface area contributed by atoms with Crippen molar-refractivity contribution in [3.8, 4) is 0 Å². The monoisotopic (exact) mass is 362 g/mol. The van der Waals surface area contributed by atoms with Gasteiger partial charge >= 0.3 is 5.97 Å². The molecule has 1 aromatic carbocycles. The standard InChI is InChI=1S/C14H14N6O6/c15-14(6-5-13(23)24,19-11(21)3-4-12(19)22)9-2-1-8(17-18-16)7-10(9)20(25)26/h1-2,7H,3-6,15H2,(H,23,24). The maximum Gasteiger partial charge on any atom is 0.303 e. The minimum absolute atomic E-state index is 0.0670. The van der Waals surface area contributed by atoms with Gasteiger partial charge in [-0.1, -0.05) is 11.2 Å². The van der Waals surface area contributed by atoms with E-state index in [2.05, 4.69) is 10.0 Å². The van der Waals surface area contributed by atoms with Gasteiger partial charge in [-0.2, -0.15) is 0 Å². The van der Waals surface area contributed by atoms with Gasteiger partial charge in [-0.15, -0.1) is 0 Å². The number of benzene rings is 1. The third-order valence-corrected chi connectivity index (χ3v) is 3.98. The fraction of sp³-hybridized carbons (Fsp3) is 0.357. The molecule has 0 saturated carbocycles. The molecule has 1 aliphatic rings. The number of carboxylic acid groups (broad SMARTS) is 1. The van der Waals surface area contributed by atoms with Crippen LogP contribution in [0.25, 0.3) is 10.4 Å². The Hall–Kier alpha value is -3.50. The Morgan fingerprint density at radius 1 is 1.42 bits per heavy atom. The number of likely N-dealkylation sites (tertiary alicyclic amines) is 1. The van der Waals surface area contributed by atoms with Gasteiger partial charge in [0.2, 0.25) is 11.8 Å². The van der Waals surface area contributed by atoms with Crippen molar-refractivity contribution in [1.29, 1.82) is 0 Å². The SMILES string of the molecule is [N-]=[N+]=Nc1ccc(C(N)(CCC(=O)O)N2C(=O)CCC2=O)c([N+](=O)[O-])c1. The van der Waals surface area contributed by atoms with Gasteiger partial charge < -0.3 is 10.8 Å². The Morgan fingerprint density at radius 2 is 2.04 bits per heavy atom. The molecule has 0 radical (unpaired) electrons. The summed E-state index contributed by atoms with van der Waals surface area (Å²) >= 11 is 0. The van der Waals surface area contributed by atoms with E-state index in [9.17, 15) is 24.5 Å². The molecule has 0 bridgehead atoms. The lowest BCUT2D eigenvalue weighted by molar-refractivity contribution is -0.386. The van der Waals surface area contributed by atoms with Gasteiger partial charge in [0.1, 0.15) is 5.66 Å². The summed E-state index contributed by atoms with van der Waals surface area (Å²) in [6.45, 7) is 0. The number of imide groups is 1. The number of carbonyl (C=O) groups is 3. The van der Waals surface area contributed by atoms with E-state index in [-0.39, 0.29) is 24.1 Å². The van der Waals surface area contributed by atoms with E-state index >= 15 is 0 Å². The van der Waals surface area contributed by atoms with Gasteiger partial charge in [0.05, 0.1) is 10.5 Å². The molecular weight excluding hydrogens is 348 g/mol. The molecule has 26 heavy (non-hydrogen) atoms. The topological polar surface area (TPSA) is 193 Å². The van der Waals surface area contributed by atoms with Gasteiger partial charge in [0.15, 0.2) is 0 Å². The number of carbonyl (C=O) groups excluding carboxylic acids is 2. The van der Waals surface area contributed by atoms with E-state index in [0.717, 1.165) is 12.1 Å². The molecule has 2 rings (SSSR count). The van der Waals surface area contributed by atoms with Gasteiger partial charge in [-0.25, -0.2) is 0 Å². The number of nitrogens with zero attached hydrogens (tertiary/aromatic N) is 5. The van der Waals surface area contributed by atoms with E-state index in [4.69, 9.17) is 16.4 Å². The van der Waals surface area contributed by atoms with Crippen molar-refractivity contribution in [2.45, 2.75) is 31.3 Å². The summed E-state index contributed by atoms with van der Waals surface area (Å²) in [5.41, 5.74) is 11.8. The van der Waals surface area contributed by atoms with Crippen molar-refractivity contribution in [2.75, 3.05) is 0 Å². The van der Waals surface area contributed by atoms with Crippen molar-refractivity contribution in [2.24, 2.45) is 10.8 Å². The van der Waals surface area contributed by atoms with Crippen LogP contribution in [0.1, 0.15) is 31.2 Å². The second-order valence-corrected chi connectivity index (χ2v) is 5.59. The predicted molar refractivity (Wildman–Crippen MR) is 85.7 cm³/mol. The van der Waals surface area contributed by atoms with Crippen LogP contribution in [0.2, 0.25) is 0 Å². The summed E-state index contributed by atoms with van der Waals surface area (Å²) in [5.74, 6) is -2.53. The van der Waals surface area contributed by atoms with Crippen LogP contribution in [0.15, 0.2) is 23.3 Å². The van der Waals surface area contributed by atoms with Gasteiger partial charge in [-0.3, -0.25) is 29.4 Å². The molecule has 1 atom stereocenters. The fourth-order valence-electron chi connectivity index (χ4n) is 2.84. The largest absolute Gasteiger partial charge is 0.481 e. The minimum atomic E-state index is -2.01. The van der Waals surface area contributed by atoms with Crippen LogP contribution in [0, 0.1) is 10.1 Å². The van der Waals surface area contributed by atoms with E-state index in [1.807, 2.05) is 0 Å². The van der Waals surface area contributed by atoms with Gasteiger partial charge in [0, 0.05) is 35.9 Å². The first-order valence-corrected chi connectivity index (χ1v) is 7.41. The zero-order chi connectivity index (χ0) is 19.5. The van der Waals surface area contributed by atoms with E-state index < -0.39 is 46.9 Å². The van der Waals surface area contributed by atoms with E-state index in [1.165, 1.54) is 6.07 Å². The third-order valence-electron chi connectivity index (χ3n) is 3.98. The highest BCUT2D eigenvalue weighted by molar-refractivity contribution is 6.03. The average Bonchev–Trinajstić information content (AvgIpc) is 2.92. The number of nitro benzene ring substituents is 1. The Labute approximate surface area is 146 Å². The molecule has 1 fully saturated rings. The van der Waals surface area contributed by atoms with Crippen molar-refractivity contribution >= 4 is 29.2 Å². The molecule has 12 heteroatoms. The second-order valence-electron chi connectivity index (χ2n) is 5.59. The van der Waals surface area contributed by atoms with Crippen LogP contribution >= 0.6 is 0 Å². The lowest BCUT2D eigenvalue weighted by Crippen LogP contribution is -2.56. The summed E-state index contributed by atoms with van der Waals surface area (Å²) in [6, 6.07) is 3.33. The average molecular weight is 362 g/mol. The molecule has 1 aromatic rings. The first kappa shape index (κ1) is 18.8. The first-order chi connectivity index (χ1) is 12.2. The summed E-state index contributed by atoms with van der Waals surface area (Å²) in [7, 11) is 0. The summed E-state index contributed by atoms with van der Waals surface area (Å²) in [5, 5.41) is 23.7. The molecule has 0 spiro atoms. The minimum Gasteiger partial charge on any atom is -0.481 e. The van der Waals surface area contributed by atoms with Gasteiger partial charge in [0.25, 0.3) is 5.69 Å². The first-order valence-electron chi connectivity index (χ1n) is 7.41. The molecule has 1 saturated heterocycles. The summed E-state index contributed by atoms with van der Waals surface area (Å²) in [4.78, 5) is 49.1. The van der Waals surface area contributed by atoms with Crippen LogP contribution in [0.3, 0.4) is 0 Å². The maximum atomic E-state index is 12.1. The van der Waals surface area contributed by atoms with Crippen LogP contribution in [0.5, 0.6) is 0 Å². The number of hydrogen-bond acceptors (Lipinski definition) is 7. The molecule has 2 amide bonds. The van der Waals surface area contributed by atoms with Crippen molar-refractivity contribution in [3.63, 3.8) is 0 Å². The Morgan fingerprint density at radius 3 is 2.54 bits per heavy atom. The maximum absolute atomic E-state index is 12.1. The molecular formula is C14H14N6O6. The Balaban J connectivity index is 2.67. The zero-order valence-electron chi connectivity index (χ0n) is 13.4. The predicted octanol–water partition coefficient (Wildman–Crippen LogP) is 1.66. The highest BCUT2D eigenvalue weighted by Crippen LogP contribution is 2.39. The fourth-order valence-corrected chi connectivity index (χ4v) is 2.84. The van der Waals surface area contributed by atoms with Crippen molar-refractivity contribution in [3.05, 3.63) is 44.3 Å². The summed E-state index contributed by atoms with van der Waals surface area (Å²) < 4.78 is 0. The van der Waals surface area contributed by atoms with Crippen LogP contribution < -0.4 is 5.73 Å². The Kier molecular flexibility index (Phi) is 5.19. The number of nitrogens with two attached hydrogens (primary N) is 1. The molecule has 0 aliphatic carbocycles. The quantitative estimate of drug-likeness (QED) is 0.184. The lowest BCUT2D eigenvalue weighted by atomic mass is 9.91. The molecule has 136 valence electrons. The Bertz CT molecular complexity index is 832. The van der Waals surface area contributed by atoms with Crippen molar-refractivity contribution in [1.82, 2.24) is 4.90 Å². The molecule has 0 aromatic heterocycles. The summed E-state index contributed by atoms with van der Waals surface area (Å²) in [6.07, 6.45) is -1.17. The molecule has 1 aliphatic heterocycles. The highest BCUT2D eigenvalue weighted by Gasteiger charge is 2.47. The number of nitro groups is 1. The van der Waals surface area contributed by atoms with Gasteiger partial charge in [-0.05, 0) is 18.0 Å².